The Balaban J connectivity index is 1.22. The number of hydrogen-bond acceptors (Lipinski definition) is 6. The molecule has 3 aromatic rings. The van der Waals surface area contributed by atoms with E-state index in [1.54, 1.807) is 46.5 Å². The van der Waals surface area contributed by atoms with Crippen LogP contribution in [0.1, 0.15) is 45.3 Å². The fourth-order valence-corrected chi connectivity index (χ4v) is 4.46. The number of amides is 3. The highest BCUT2D eigenvalue weighted by molar-refractivity contribution is 6.16. The van der Waals surface area contributed by atoms with Gasteiger partial charge in [0, 0.05) is 49.6 Å². The van der Waals surface area contributed by atoms with E-state index in [0.717, 1.165) is 5.56 Å². The molecule has 0 saturated carbocycles. The van der Waals surface area contributed by atoms with Crippen molar-refractivity contribution in [2.45, 2.75) is 19.0 Å². The zero-order valence-electron chi connectivity index (χ0n) is 18.5. The molecule has 172 valence electrons. The lowest BCUT2D eigenvalue weighted by Crippen LogP contribution is -2.48. The van der Waals surface area contributed by atoms with Crippen LogP contribution in [-0.4, -0.2) is 52.2 Å². The number of para-hydroxylation sites is 1. The van der Waals surface area contributed by atoms with Gasteiger partial charge in [0.25, 0.3) is 11.8 Å². The standard InChI is InChI=1S/C25H24N6O3/c32-21(26-14-15-29-25-27-12-6-13-28-25)11-5-16-30-22-17-7-1-2-8-18(17)24(34)31(22)20-10-4-3-9-19(20)23(30)33/h1-4,6-10,12-13,22H,5,11,14-16H2,(H,26,32)(H,27,28,29)/t22-/m1/s1. The maximum atomic E-state index is 13.4. The molecular weight excluding hydrogens is 432 g/mol. The molecule has 3 amide bonds. The van der Waals surface area contributed by atoms with Crippen LogP contribution in [0.4, 0.5) is 11.6 Å². The second-order valence-corrected chi connectivity index (χ2v) is 8.10. The minimum Gasteiger partial charge on any atom is -0.354 e. The highest BCUT2D eigenvalue weighted by Gasteiger charge is 2.47. The minimum absolute atomic E-state index is 0.0969. The largest absolute Gasteiger partial charge is 0.354 e. The van der Waals surface area contributed by atoms with Crippen molar-refractivity contribution in [3.8, 4) is 0 Å². The summed E-state index contributed by atoms with van der Waals surface area (Å²) >= 11 is 0. The predicted octanol–water partition coefficient (Wildman–Crippen LogP) is 2.60. The summed E-state index contributed by atoms with van der Waals surface area (Å²) in [6.45, 7) is 1.30. The van der Waals surface area contributed by atoms with Gasteiger partial charge in [-0.1, -0.05) is 30.3 Å². The van der Waals surface area contributed by atoms with Crippen LogP contribution >= 0.6 is 0 Å². The lowest BCUT2D eigenvalue weighted by molar-refractivity contribution is -0.121. The van der Waals surface area contributed by atoms with Gasteiger partial charge in [-0.05, 0) is 30.7 Å². The van der Waals surface area contributed by atoms with Gasteiger partial charge < -0.3 is 15.5 Å². The third-order valence-electron chi connectivity index (χ3n) is 5.98. The van der Waals surface area contributed by atoms with E-state index in [0.29, 0.717) is 48.8 Å². The lowest BCUT2D eigenvalue weighted by atomic mass is 10.0. The Morgan fingerprint density at radius 1 is 0.882 bits per heavy atom. The Kier molecular flexibility index (Phi) is 5.90. The van der Waals surface area contributed by atoms with E-state index in [1.165, 1.54) is 0 Å². The molecule has 3 heterocycles. The molecule has 0 unspecified atom stereocenters. The Morgan fingerprint density at radius 3 is 2.44 bits per heavy atom. The van der Waals surface area contributed by atoms with E-state index in [9.17, 15) is 14.4 Å². The van der Waals surface area contributed by atoms with Crippen molar-refractivity contribution in [2.24, 2.45) is 0 Å². The first-order chi connectivity index (χ1) is 16.6. The molecule has 0 bridgehead atoms. The Bertz CT molecular complexity index is 1230. The van der Waals surface area contributed by atoms with Crippen molar-refractivity contribution in [1.82, 2.24) is 20.2 Å². The van der Waals surface area contributed by atoms with Crippen molar-refractivity contribution in [3.05, 3.63) is 83.7 Å². The zero-order chi connectivity index (χ0) is 23.5. The molecule has 0 saturated heterocycles. The molecule has 0 aliphatic carbocycles. The maximum absolute atomic E-state index is 13.4. The Morgan fingerprint density at radius 2 is 1.62 bits per heavy atom. The number of anilines is 2. The van der Waals surface area contributed by atoms with Crippen molar-refractivity contribution in [1.29, 1.82) is 0 Å². The van der Waals surface area contributed by atoms with Gasteiger partial charge in [-0.3, -0.25) is 19.3 Å². The predicted molar refractivity (Wildman–Crippen MR) is 126 cm³/mol. The summed E-state index contributed by atoms with van der Waals surface area (Å²) in [5.74, 6) is 0.170. The monoisotopic (exact) mass is 456 g/mol. The highest BCUT2D eigenvalue weighted by atomic mass is 16.2. The van der Waals surface area contributed by atoms with Gasteiger partial charge in [0.15, 0.2) is 0 Å². The van der Waals surface area contributed by atoms with Crippen molar-refractivity contribution in [2.75, 3.05) is 29.9 Å². The lowest BCUT2D eigenvalue weighted by Gasteiger charge is -2.41. The molecule has 2 aliphatic heterocycles. The zero-order valence-corrected chi connectivity index (χ0v) is 18.5. The summed E-state index contributed by atoms with van der Waals surface area (Å²) < 4.78 is 0. The summed E-state index contributed by atoms with van der Waals surface area (Å²) in [6.07, 6.45) is 3.55. The smallest absolute Gasteiger partial charge is 0.260 e. The van der Waals surface area contributed by atoms with Crippen molar-refractivity contribution in [3.63, 3.8) is 0 Å². The van der Waals surface area contributed by atoms with Gasteiger partial charge in [0.05, 0.1) is 11.3 Å². The second kappa shape index (κ2) is 9.30. The molecule has 5 rings (SSSR count). The van der Waals surface area contributed by atoms with E-state index in [-0.39, 0.29) is 24.1 Å². The average molecular weight is 457 g/mol. The van der Waals surface area contributed by atoms with Crippen LogP contribution in [0.25, 0.3) is 0 Å². The number of benzene rings is 2. The van der Waals surface area contributed by atoms with Crippen LogP contribution in [0, 0.1) is 0 Å². The SMILES string of the molecule is O=C(CCCN1C(=O)c2ccccc2N2C(=O)c3ccccc3[C@H]12)NCCNc1ncccn1. The van der Waals surface area contributed by atoms with Gasteiger partial charge in [-0.25, -0.2) is 9.97 Å². The number of nitrogens with one attached hydrogen (secondary N) is 2. The highest BCUT2D eigenvalue weighted by Crippen LogP contribution is 2.45. The third-order valence-corrected chi connectivity index (χ3v) is 5.98. The van der Waals surface area contributed by atoms with Crippen LogP contribution in [0.2, 0.25) is 0 Å². The molecule has 2 aromatic carbocycles. The van der Waals surface area contributed by atoms with Crippen LogP contribution in [0.5, 0.6) is 0 Å². The van der Waals surface area contributed by atoms with Crippen molar-refractivity contribution >= 4 is 29.4 Å². The van der Waals surface area contributed by atoms with Crippen LogP contribution < -0.4 is 15.5 Å². The molecule has 0 fully saturated rings. The van der Waals surface area contributed by atoms with E-state index < -0.39 is 6.17 Å². The quantitative estimate of drug-likeness (QED) is 0.505. The normalized spacial score (nSPS) is 16.1. The first-order valence-corrected chi connectivity index (χ1v) is 11.3. The van der Waals surface area contributed by atoms with E-state index >= 15 is 0 Å². The molecule has 1 atom stereocenters. The van der Waals surface area contributed by atoms with Gasteiger partial charge in [0.1, 0.15) is 6.17 Å². The van der Waals surface area contributed by atoms with E-state index in [2.05, 4.69) is 20.6 Å². The summed E-state index contributed by atoms with van der Waals surface area (Å²) in [6, 6.07) is 16.3. The number of carbonyl (C=O) groups excluding carboxylic acids is 3. The van der Waals surface area contributed by atoms with E-state index in [1.807, 2.05) is 30.3 Å². The topological polar surface area (TPSA) is 108 Å². The third kappa shape index (κ3) is 3.96. The number of nitrogens with zero attached hydrogens (tertiary/aromatic N) is 4. The van der Waals surface area contributed by atoms with Crippen LogP contribution in [0.3, 0.4) is 0 Å². The summed E-state index contributed by atoms with van der Waals surface area (Å²) in [5.41, 5.74) is 2.55. The van der Waals surface area contributed by atoms with Crippen LogP contribution in [0.15, 0.2) is 67.0 Å². The summed E-state index contributed by atoms with van der Waals surface area (Å²) in [7, 11) is 0. The molecule has 0 radical (unpaired) electrons. The average Bonchev–Trinajstić information content (AvgIpc) is 3.17. The van der Waals surface area contributed by atoms with Crippen LogP contribution in [-0.2, 0) is 4.79 Å². The number of aromatic nitrogens is 2. The molecule has 1 aromatic heterocycles. The molecule has 34 heavy (non-hydrogen) atoms. The van der Waals surface area contributed by atoms with Gasteiger partial charge >= 0.3 is 0 Å². The van der Waals surface area contributed by atoms with Gasteiger partial charge in [0.2, 0.25) is 11.9 Å². The van der Waals surface area contributed by atoms with Crippen molar-refractivity contribution < 1.29 is 14.4 Å². The Hall–Kier alpha value is -4.27. The summed E-state index contributed by atoms with van der Waals surface area (Å²) in [4.78, 5) is 50.4. The van der Waals surface area contributed by atoms with Gasteiger partial charge in [-0.15, -0.1) is 0 Å². The molecule has 2 N–H and O–H groups in total. The number of rotatable bonds is 8. The molecule has 2 aliphatic rings. The minimum atomic E-state index is -0.496. The van der Waals surface area contributed by atoms with E-state index in [4.69, 9.17) is 0 Å². The molecule has 0 spiro atoms. The second-order valence-electron chi connectivity index (χ2n) is 8.10. The fourth-order valence-electron chi connectivity index (χ4n) is 4.46. The van der Waals surface area contributed by atoms with Gasteiger partial charge in [-0.2, -0.15) is 0 Å². The number of fused-ring (bicyclic) bond motifs is 5. The fraction of sp³-hybridized carbons (Fsp3) is 0.240. The first kappa shape index (κ1) is 21.6. The first-order valence-electron chi connectivity index (χ1n) is 11.3. The summed E-state index contributed by atoms with van der Waals surface area (Å²) in [5, 5.41) is 5.90. The molecule has 9 heteroatoms. The number of carbonyl (C=O) groups is 3. The Labute approximate surface area is 196 Å². The number of hydrogen-bond donors (Lipinski definition) is 2. The molecular formula is C25H24N6O3. The maximum Gasteiger partial charge on any atom is 0.260 e. The molecule has 9 nitrogen and oxygen atoms in total.